The van der Waals surface area contributed by atoms with E-state index in [1.54, 1.807) is 6.08 Å². The lowest BCUT2D eigenvalue weighted by Crippen LogP contribution is -1.95. The monoisotopic (exact) mass is 659 g/mol. The number of allylic oxidation sites excluding steroid dienone is 13. The summed E-state index contributed by atoms with van der Waals surface area (Å²) in [6.07, 6.45) is 34.6. The van der Waals surface area contributed by atoms with E-state index in [0.717, 1.165) is 69.3 Å². The Balaban J connectivity index is 4.13. The molecule has 0 saturated heterocycles. The fraction of sp³-hybridized carbons (Fsp3) is 0.659. The molecule has 264 valence electrons. The zero-order valence-corrected chi connectivity index (χ0v) is 32.2. The van der Waals surface area contributed by atoms with Crippen molar-refractivity contribution in [2.45, 2.75) is 165 Å². The number of rotatable bonds is 26. The Morgan fingerprint density at radius 3 is 1.28 bits per heavy atom. The van der Waals surface area contributed by atoms with E-state index < -0.39 is 7.82 Å². The zero-order valence-electron chi connectivity index (χ0n) is 31.3. The highest BCUT2D eigenvalue weighted by molar-refractivity contribution is 7.46. The summed E-state index contributed by atoms with van der Waals surface area (Å²) in [6.45, 7) is 20.1. The van der Waals surface area contributed by atoms with Crippen molar-refractivity contribution in [1.29, 1.82) is 0 Å². The van der Waals surface area contributed by atoms with E-state index in [1.807, 2.05) is 6.92 Å². The summed E-state index contributed by atoms with van der Waals surface area (Å²) in [4.78, 5) is 17.5. The average Bonchev–Trinajstić information content (AvgIpc) is 2.96. The molecule has 46 heavy (non-hydrogen) atoms. The summed E-state index contributed by atoms with van der Waals surface area (Å²) >= 11 is 0. The third kappa shape index (κ3) is 29.7. The number of phosphoric ester groups is 1. The summed E-state index contributed by atoms with van der Waals surface area (Å²) in [6, 6.07) is 0. The van der Waals surface area contributed by atoms with Gasteiger partial charge in [-0.15, -0.1) is 0 Å². The lowest BCUT2D eigenvalue weighted by atomic mass is 9.96. The predicted molar refractivity (Wildman–Crippen MR) is 203 cm³/mol. The molecular weight excluding hydrogens is 587 g/mol. The van der Waals surface area contributed by atoms with Gasteiger partial charge in [-0.25, -0.2) is 4.57 Å². The van der Waals surface area contributed by atoms with Gasteiger partial charge in [-0.2, -0.15) is 0 Å². The van der Waals surface area contributed by atoms with Crippen LogP contribution in [0.4, 0.5) is 0 Å². The topological polar surface area (TPSA) is 66.8 Å². The minimum absolute atomic E-state index is 0.0451. The maximum Gasteiger partial charge on any atom is 0.469 e. The van der Waals surface area contributed by atoms with E-state index in [9.17, 15) is 4.57 Å². The van der Waals surface area contributed by atoms with E-state index in [2.05, 4.69) is 96.4 Å². The molecule has 0 aromatic carbocycles. The first kappa shape index (κ1) is 44.3. The minimum atomic E-state index is -4.38. The minimum Gasteiger partial charge on any atom is -0.303 e. The Morgan fingerprint density at radius 2 is 0.891 bits per heavy atom. The van der Waals surface area contributed by atoms with Gasteiger partial charge in [0.15, 0.2) is 0 Å². The van der Waals surface area contributed by atoms with Crippen LogP contribution >= 0.6 is 7.82 Å². The first-order valence-electron chi connectivity index (χ1n) is 18.0. The predicted octanol–water partition coefficient (Wildman–Crippen LogP) is 13.6. The second-order valence-corrected chi connectivity index (χ2v) is 15.0. The largest absolute Gasteiger partial charge is 0.469 e. The van der Waals surface area contributed by atoms with Crippen LogP contribution in [-0.2, 0) is 9.09 Å². The summed E-state index contributed by atoms with van der Waals surface area (Å²) in [7, 11) is -4.38. The van der Waals surface area contributed by atoms with Crippen molar-refractivity contribution in [2.75, 3.05) is 6.61 Å². The standard InChI is InChI=1S/C41H71O4P/c1-10-34(2)18-11-19-35(3)20-12-21-36(4)22-13-23-37(5)24-14-25-38(6)26-15-27-39(7)28-16-29-40(8)30-17-31-41(9)32-33-45-46(42,43)44/h18,20,22,24,26,30,32,39H,10-17,19,21,23,25,27-29,31,33H2,1-9H3,(H2,42,43,44)/b34-18-,35-20-,36-22+,37-24-,38-26+,40-30+,41-32-. The van der Waals surface area contributed by atoms with Gasteiger partial charge in [-0.3, -0.25) is 4.52 Å². The van der Waals surface area contributed by atoms with Gasteiger partial charge in [0.25, 0.3) is 0 Å². The average molecular weight is 659 g/mol. The third-order valence-corrected chi connectivity index (χ3v) is 9.30. The van der Waals surface area contributed by atoms with Gasteiger partial charge in [-0.1, -0.05) is 102 Å². The van der Waals surface area contributed by atoms with Crippen LogP contribution < -0.4 is 0 Å². The first-order valence-corrected chi connectivity index (χ1v) is 19.5. The molecule has 0 aliphatic rings. The fourth-order valence-electron chi connectivity index (χ4n) is 5.25. The van der Waals surface area contributed by atoms with Gasteiger partial charge in [0, 0.05) is 0 Å². The normalized spacial score (nSPS) is 15.6. The molecule has 0 aliphatic heterocycles. The van der Waals surface area contributed by atoms with Gasteiger partial charge in [0.05, 0.1) is 6.61 Å². The quantitative estimate of drug-likeness (QED) is 0.0717. The molecule has 2 N–H and O–H groups in total. The fourth-order valence-corrected chi connectivity index (χ4v) is 5.52. The van der Waals surface area contributed by atoms with Gasteiger partial charge in [0.2, 0.25) is 0 Å². The molecule has 0 aromatic rings. The smallest absolute Gasteiger partial charge is 0.303 e. The zero-order chi connectivity index (χ0) is 34.8. The molecule has 0 spiro atoms. The van der Waals surface area contributed by atoms with E-state index in [-0.39, 0.29) is 6.61 Å². The molecule has 0 aliphatic carbocycles. The molecule has 5 heteroatoms. The van der Waals surface area contributed by atoms with Gasteiger partial charge >= 0.3 is 7.82 Å². The molecular formula is C41H71O4P. The van der Waals surface area contributed by atoms with Crippen molar-refractivity contribution in [2.24, 2.45) is 5.92 Å². The van der Waals surface area contributed by atoms with E-state index in [1.165, 1.54) is 78.4 Å². The van der Waals surface area contributed by atoms with Crippen LogP contribution in [-0.4, -0.2) is 16.4 Å². The summed E-state index contributed by atoms with van der Waals surface area (Å²) < 4.78 is 15.2. The highest BCUT2D eigenvalue weighted by Gasteiger charge is 2.11. The van der Waals surface area contributed by atoms with Crippen molar-refractivity contribution in [3.8, 4) is 0 Å². The lowest BCUT2D eigenvalue weighted by molar-refractivity contribution is 0.215. The Hall–Kier alpha value is -1.71. The molecule has 0 amide bonds. The Morgan fingerprint density at radius 1 is 0.543 bits per heavy atom. The molecule has 0 heterocycles. The van der Waals surface area contributed by atoms with Crippen molar-refractivity contribution in [1.82, 2.24) is 0 Å². The molecule has 0 aromatic heterocycles. The van der Waals surface area contributed by atoms with Gasteiger partial charge < -0.3 is 9.79 Å². The van der Waals surface area contributed by atoms with Gasteiger partial charge in [0.1, 0.15) is 0 Å². The first-order chi connectivity index (χ1) is 21.7. The summed E-state index contributed by atoms with van der Waals surface area (Å²) in [5.74, 6) is 0.743. The highest BCUT2D eigenvalue weighted by atomic mass is 31.2. The van der Waals surface area contributed by atoms with Crippen molar-refractivity contribution in [3.05, 3.63) is 81.5 Å². The lowest BCUT2D eigenvalue weighted by Gasteiger charge is -2.10. The van der Waals surface area contributed by atoms with E-state index in [0.29, 0.717) is 0 Å². The van der Waals surface area contributed by atoms with Gasteiger partial charge in [-0.05, 0) is 151 Å². The number of hydrogen-bond acceptors (Lipinski definition) is 2. The number of phosphoric acid groups is 1. The Bertz CT molecular complexity index is 1090. The summed E-state index contributed by atoms with van der Waals surface area (Å²) in [5, 5.41) is 0. The molecule has 4 nitrogen and oxygen atoms in total. The molecule has 0 bridgehead atoms. The third-order valence-electron chi connectivity index (χ3n) is 8.81. The van der Waals surface area contributed by atoms with Crippen LogP contribution in [0.15, 0.2) is 81.5 Å². The molecule has 0 radical (unpaired) electrons. The Labute approximate surface area is 285 Å². The van der Waals surface area contributed by atoms with Crippen molar-refractivity contribution >= 4 is 7.82 Å². The molecule has 0 saturated carbocycles. The molecule has 0 fully saturated rings. The highest BCUT2D eigenvalue weighted by Crippen LogP contribution is 2.35. The molecule has 0 rings (SSSR count). The van der Waals surface area contributed by atoms with E-state index >= 15 is 0 Å². The van der Waals surface area contributed by atoms with Crippen LogP contribution in [0.25, 0.3) is 0 Å². The Kier molecular flexibility index (Phi) is 26.2. The SMILES string of the molecule is CC/C(C)=C\CC/C(C)=C\CC/C(C)=C/CC/C(C)=C\CC/C(C)=C/CCC(C)CCC/C(C)=C/CC/C(C)=C\COP(=O)(O)O. The van der Waals surface area contributed by atoms with Crippen molar-refractivity contribution in [3.63, 3.8) is 0 Å². The second-order valence-electron chi connectivity index (χ2n) is 13.8. The van der Waals surface area contributed by atoms with Crippen LogP contribution in [0.1, 0.15) is 165 Å². The maximum atomic E-state index is 10.7. The molecule has 1 unspecified atom stereocenters. The van der Waals surface area contributed by atoms with Crippen LogP contribution in [0.2, 0.25) is 0 Å². The van der Waals surface area contributed by atoms with E-state index in [4.69, 9.17) is 9.79 Å². The molecule has 1 atom stereocenters. The van der Waals surface area contributed by atoms with Crippen molar-refractivity contribution < 1.29 is 18.9 Å². The van der Waals surface area contributed by atoms with Crippen LogP contribution in [0, 0.1) is 5.92 Å². The number of hydrogen-bond donors (Lipinski definition) is 2. The van der Waals surface area contributed by atoms with Crippen LogP contribution in [0.3, 0.4) is 0 Å². The summed E-state index contributed by atoms with van der Waals surface area (Å²) in [5.41, 5.74) is 10.1. The van der Waals surface area contributed by atoms with Crippen LogP contribution in [0.5, 0.6) is 0 Å². The maximum absolute atomic E-state index is 10.7. The second kappa shape index (κ2) is 27.3.